The first kappa shape index (κ1) is 26.2. The van der Waals surface area contributed by atoms with E-state index in [-0.39, 0.29) is 31.5 Å². The number of hydrogen-bond donors (Lipinski definition) is 0. The molecule has 0 aromatic heterocycles. The molecule has 2 aromatic rings. The molecule has 2 aromatic carbocycles. The van der Waals surface area contributed by atoms with Crippen LogP contribution in [-0.2, 0) is 12.8 Å². The summed E-state index contributed by atoms with van der Waals surface area (Å²) in [6.07, 6.45) is 17.0. The molecular formula is C30H44As2O2. The van der Waals surface area contributed by atoms with Gasteiger partial charge in [0.15, 0.2) is 0 Å². The van der Waals surface area contributed by atoms with Gasteiger partial charge in [0.05, 0.1) is 0 Å². The van der Waals surface area contributed by atoms with Gasteiger partial charge in [-0.15, -0.1) is 0 Å². The van der Waals surface area contributed by atoms with Crippen LogP contribution in [-0.4, -0.2) is 45.7 Å². The molecule has 0 bridgehead atoms. The van der Waals surface area contributed by atoms with E-state index in [4.69, 9.17) is 9.47 Å². The number of para-hydroxylation sites is 2. The van der Waals surface area contributed by atoms with Gasteiger partial charge in [0.25, 0.3) is 0 Å². The average Bonchev–Trinajstić information content (AvgIpc) is 2.88. The molecule has 2 saturated carbocycles. The topological polar surface area (TPSA) is 18.5 Å². The van der Waals surface area contributed by atoms with E-state index < -0.39 is 0 Å². The minimum atomic E-state index is 0.0385. The Bertz CT molecular complexity index is 811. The average molecular weight is 587 g/mol. The van der Waals surface area contributed by atoms with Crippen LogP contribution in [0.2, 0.25) is 18.8 Å². The van der Waals surface area contributed by atoms with E-state index in [0.29, 0.717) is 8.41 Å². The number of hydrogen-bond acceptors (Lipinski definition) is 2. The Morgan fingerprint density at radius 3 is 1.35 bits per heavy atom. The third-order valence-electron chi connectivity index (χ3n) is 8.19. The van der Waals surface area contributed by atoms with Crippen molar-refractivity contribution < 1.29 is 9.47 Å². The molecule has 4 rings (SSSR count). The van der Waals surface area contributed by atoms with Crippen LogP contribution in [0.1, 0.15) is 75.3 Å². The van der Waals surface area contributed by atoms with Crippen LogP contribution < -0.4 is 9.47 Å². The van der Waals surface area contributed by atoms with Crippen LogP contribution in [0.5, 0.6) is 11.5 Å². The van der Waals surface area contributed by atoms with Gasteiger partial charge in [-0.1, -0.05) is 0 Å². The summed E-state index contributed by atoms with van der Waals surface area (Å²) in [4.78, 5) is 0. The summed E-state index contributed by atoms with van der Waals surface area (Å²) < 4.78 is 12.7. The van der Waals surface area contributed by atoms with Gasteiger partial charge in [0.2, 0.25) is 0 Å². The van der Waals surface area contributed by atoms with Gasteiger partial charge < -0.3 is 0 Å². The van der Waals surface area contributed by atoms with Crippen molar-refractivity contribution in [2.75, 3.05) is 14.2 Å². The maximum atomic E-state index is 5.74. The minimum absolute atomic E-state index is 0.0385. The van der Waals surface area contributed by atoms with E-state index in [1.807, 2.05) is 14.2 Å². The van der Waals surface area contributed by atoms with Gasteiger partial charge in [-0.2, -0.15) is 0 Å². The Balaban J connectivity index is 1.40. The third-order valence-corrected chi connectivity index (χ3v) is 18.5. The summed E-state index contributed by atoms with van der Waals surface area (Å²) in [5.74, 6) is 2.20. The van der Waals surface area contributed by atoms with E-state index in [2.05, 4.69) is 48.5 Å². The van der Waals surface area contributed by atoms with Gasteiger partial charge >= 0.3 is 222 Å². The molecule has 2 unspecified atom stereocenters. The molecule has 2 aliphatic carbocycles. The summed E-state index contributed by atoms with van der Waals surface area (Å²) in [5.41, 5.74) is 2.90. The van der Waals surface area contributed by atoms with Gasteiger partial charge in [-0.3, -0.25) is 0 Å². The summed E-state index contributed by atoms with van der Waals surface area (Å²) in [7, 11) is 3.66. The first-order valence-electron chi connectivity index (χ1n) is 13.4. The van der Waals surface area contributed by atoms with Crippen LogP contribution in [0.3, 0.4) is 0 Å². The molecule has 4 heteroatoms. The molecule has 0 saturated heterocycles. The van der Waals surface area contributed by atoms with Crippen LogP contribution >= 0.6 is 0 Å². The van der Waals surface area contributed by atoms with Gasteiger partial charge in [0.1, 0.15) is 0 Å². The Morgan fingerprint density at radius 2 is 0.971 bits per heavy atom. The van der Waals surface area contributed by atoms with Crippen molar-refractivity contribution in [3.8, 4) is 11.5 Å². The fourth-order valence-electron chi connectivity index (χ4n) is 6.37. The molecule has 0 N–H and O–H groups in total. The number of benzene rings is 2. The molecular weight excluding hydrogens is 542 g/mol. The normalized spacial score (nSPS) is 20.2. The fourth-order valence-corrected chi connectivity index (χ4v) is 16.1. The first-order valence-corrected chi connectivity index (χ1v) is 18.5. The van der Waals surface area contributed by atoms with E-state index >= 15 is 0 Å². The zero-order valence-corrected chi connectivity index (χ0v) is 25.5. The van der Waals surface area contributed by atoms with E-state index in [1.54, 1.807) is 10.4 Å². The molecule has 2 nitrogen and oxygen atoms in total. The Morgan fingerprint density at radius 1 is 0.588 bits per heavy atom. The fraction of sp³-hybridized carbons (Fsp3) is 0.600. The summed E-state index contributed by atoms with van der Waals surface area (Å²) in [5, 5.41) is 3.09. The molecule has 0 heterocycles. The molecule has 2 atom stereocenters. The molecule has 0 aliphatic heterocycles. The third kappa shape index (κ3) is 6.88. The van der Waals surface area contributed by atoms with Gasteiger partial charge in [-0.05, 0) is 0 Å². The van der Waals surface area contributed by atoms with Crippen molar-refractivity contribution >= 4 is 31.5 Å². The van der Waals surface area contributed by atoms with Crippen LogP contribution in [0, 0.1) is 0 Å². The standard InChI is InChI=1S/C30H44As2O2/c1-33-27-15-7-5-13-25(27)23-29(17-9-3-10-18-29)31-21-22-32-30(19-11-4-12-20-30)24-26-14-6-8-16-28(26)34-2/h5-8,13-16,31-32H,3-4,9-12,17-24H2,1-2H3. The zero-order chi connectivity index (χ0) is 23.7. The Kier molecular flexibility index (Phi) is 9.96. The van der Waals surface area contributed by atoms with Crippen molar-refractivity contribution in [1.82, 2.24) is 0 Å². The number of methoxy groups -OCH3 is 2. The van der Waals surface area contributed by atoms with Crippen LogP contribution in [0.15, 0.2) is 48.5 Å². The van der Waals surface area contributed by atoms with E-state index in [1.165, 1.54) is 88.2 Å². The predicted molar refractivity (Wildman–Crippen MR) is 149 cm³/mol. The van der Waals surface area contributed by atoms with Crippen molar-refractivity contribution in [1.29, 1.82) is 0 Å². The quantitative estimate of drug-likeness (QED) is 0.201. The van der Waals surface area contributed by atoms with Crippen molar-refractivity contribution in [2.24, 2.45) is 0 Å². The second-order valence-electron chi connectivity index (χ2n) is 10.5. The second-order valence-corrected chi connectivity index (χ2v) is 18.5. The number of rotatable bonds is 11. The molecule has 0 radical (unpaired) electrons. The van der Waals surface area contributed by atoms with Crippen molar-refractivity contribution in [3.05, 3.63) is 59.7 Å². The molecule has 2 aliphatic rings. The first-order chi connectivity index (χ1) is 16.7. The van der Waals surface area contributed by atoms with E-state index in [9.17, 15) is 0 Å². The molecule has 0 amide bonds. The summed E-state index contributed by atoms with van der Waals surface area (Å²) in [6.45, 7) is 0. The monoisotopic (exact) mass is 586 g/mol. The van der Waals surface area contributed by atoms with Crippen LogP contribution in [0.25, 0.3) is 0 Å². The molecule has 34 heavy (non-hydrogen) atoms. The second kappa shape index (κ2) is 12.9. The van der Waals surface area contributed by atoms with Crippen LogP contribution in [0.4, 0.5) is 0 Å². The Labute approximate surface area is 221 Å². The predicted octanol–water partition coefficient (Wildman–Crippen LogP) is 7.44. The van der Waals surface area contributed by atoms with E-state index in [0.717, 1.165) is 11.5 Å². The maximum absolute atomic E-state index is 5.74. The zero-order valence-electron chi connectivity index (χ0n) is 21.3. The molecule has 2 fully saturated rings. The molecule has 186 valence electrons. The SMILES string of the molecule is COc1ccccc1CC1([AsH]CC[AsH]C2(Cc3ccccc3OC)CCCCC2)CCCCC1. The number of ether oxygens (including phenoxy) is 2. The summed E-state index contributed by atoms with van der Waals surface area (Å²) in [6, 6.07) is 17.6. The Hall–Kier alpha value is -0.843. The summed E-state index contributed by atoms with van der Waals surface area (Å²) >= 11 is 0.0771. The van der Waals surface area contributed by atoms with Gasteiger partial charge in [0, 0.05) is 0 Å². The molecule has 0 spiro atoms. The van der Waals surface area contributed by atoms with Gasteiger partial charge in [-0.25, -0.2) is 0 Å². The van der Waals surface area contributed by atoms with Crippen molar-refractivity contribution in [3.63, 3.8) is 0 Å². The van der Waals surface area contributed by atoms with Crippen molar-refractivity contribution in [2.45, 2.75) is 95.9 Å².